The van der Waals surface area contributed by atoms with Crippen molar-refractivity contribution in [2.45, 2.75) is 26.4 Å². The summed E-state index contributed by atoms with van der Waals surface area (Å²) in [5.74, 6) is -0.722. The van der Waals surface area contributed by atoms with Gasteiger partial charge in [-0.25, -0.2) is 18.7 Å². The second-order valence-electron chi connectivity index (χ2n) is 8.85. The molecule has 0 atom stereocenters. The van der Waals surface area contributed by atoms with E-state index in [0.717, 1.165) is 50.5 Å². The number of ether oxygens (including phenoxy) is 2. The number of anilines is 3. The molecule has 1 aliphatic heterocycles. The lowest BCUT2D eigenvalue weighted by Crippen LogP contribution is -2.47. The zero-order chi connectivity index (χ0) is 26.2. The van der Waals surface area contributed by atoms with Gasteiger partial charge in [0.2, 0.25) is 5.95 Å². The molecule has 3 aromatic rings. The Morgan fingerprint density at radius 1 is 1.03 bits per heavy atom. The predicted octanol–water partition coefficient (Wildman–Crippen LogP) is 4.15. The zero-order valence-electron chi connectivity index (χ0n) is 21.2. The van der Waals surface area contributed by atoms with E-state index in [1.165, 1.54) is 25.6 Å². The first-order valence-corrected chi connectivity index (χ1v) is 12.5. The lowest BCUT2D eigenvalue weighted by molar-refractivity contribution is 0.189. The summed E-state index contributed by atoms with van der Waals surface area (Å²) in [6.45, 7) is 6.22. The summed E-state index contributed by atoms with van der Waals surface area (Å²) >= 11 is 0. The number of aliphatic hydroxyl groups is 1. The monoisotopic (exact) mass is 513 g/mol. The fourth-order valence-corrected chi connectivity index (χ4v) is 4.32. The van der Waals surface area contributed by atoms with Gasteiger partial charge in [-0.1, -0.05) is 13.3 Å². The molecule has 2 aromatic carbocycles. The van der Waals surface area contributed by atoms with Gasteiger partial charge in [-0.2, -0.15) is 0 Å². The first-order valence-electron chi connectivity index (χ1n) is 12.5. The molecule has 8 nitrogen and oxygen atoms in total. The van der Waals surface area contributed by atoms with Crippen LogP contribution in [-0.4, -0.2) is 66.4 Å². The maximum absolute atomic E-state index is 14.8. The number of β-amino-alcohol motifs (C(OH)–C–C–N with tert-alkyl or cyclic N) is 1. The van der Waals surface area contributed by atoms with Gasteiger partial charge in [0, 0.05) is 44.1 Å². The van der Waals surface area contributed by atoms with Crippen LogP contribution in [0, 0.1) is 11.6 Å². The number of nitrogens with one attached hydrogen (secondary N) is 1. The van der Waals surface area contributed by atoms with Gasteiger partial charge >= 0.3 is 0 Å². The second kappa shape index (κ2) is 12.6. The Kier molecular flexibility index (Phi) is 9.08. The molecule has 1 saturated heterocycles. The third-order valence-corrected chi connectivity index (χ3v) is 6.36. The number of nitrogens with zero attached hydrogens (tertiary/aromatic N) is 4. The van der Waals surface area contributed by atoms with Gasteiger partial charge in [0.15, 0.2) is 17.3 Å². The van der Waals surface area contributed by atoms with Gasteiger partial charge < -0.3 is 24.8 Å². The summed E-state index contributed by atoms with van der Waals surface area (Å²) in [5, 5.41) is 12.2. The Labute approximate surface area is 215 Å². The summed E-state index contributed by atoms with van der Waals surface area (Å²) < 4.78 is 40.1. The molecule has 4 rings (SSSR count). The maximum atomic E-state index is 14.8. The normalized spacial score (nSPS) is 14.0. The maximum Gasteiger partial charge on any atom is 0.227 e. The van der Waals surface area contributed by atoms with E-state index in [1.807, 2.05) is 31.2 Å². The molecular weight excluding hydrogens is 480 g/mol. The quantitative estimate of drug-likeness (QED) is 0.396. The van der Waals surface area contributed by atoms with Crippen LogP contribution in [0.2, 0.25) is 0 Å². The molecule has 2 heterocycles. The minimum absolute atomic E-state index is 0.00535. The van der Waals surface area contributed by atoms with Crippen molar-refractivity contribution in [1.29, 1.82) is 0 Å². The summed E-state index contributed by atoms with van der Waals surface area (Å²) in [6.07, 6.45) is 4.11. The number of methoxy groups -OCH3 is 1. The molecule has 0 unspecified atom stereocenters. The molecule has 2 N–H and O–H groups in total. The van der Waals surface area contributed by atoms with Crippen molar-refractivity contribution >= 4 is 17.3 Å². The van der Waals surface area contributed by atoms with E-state index >= 15 is 0 Å². The SMILES string of the molecule is CCCc1cc(OC)c(F)c(COc2cnc(Nc3ccc(N4CCN(CCO)CC4)cc3)nc2)c1F. The molecule has 1 aromatic heterocycles. The number of rotatable bonds is 11. The molecule has 0 radical (unpaired) electrons. The van der Waals surface area contributed by atoms with E-state index in [2.05, 4.69) is 25.1 Å². The summed E-state index contributed by atoms with van der Waals surface area (Å²) in [6, 6.07) is 9.42. The van der Waals surface area contributed by atoms with Crippen LogP contribution in [0.15, 0.2) is 42.7 Å². The molecule has 198 valence electrons. The van der Waals surface area contributed by atoms with Crippen molar-refractivity contribution in [3.05, 3.63) is 65.5 Å². The van der Waals surface area contributed by atoms with Gasteiger partial charge in [-0.15, -0.1) is 0 Å². The Hall–Kier alpha value is -3.50. The zero-order valence-corrected chi connectivity index (χ0v) is 21.2. The molecular formula is C27H33F2N5O3. The van der Waals surface area contributed by atoms with Crippen LogP contribution in [0.1, 0.15) is 24.5 Å². The Balaban J connectivity index is 1.34. The third kappa shape index (κ3) is 6.64. The minimum Gasteiger partial charge on any atom is -0.494 e. The van der Waals surface area contributed by atoms with E-state index in [9.17, 15) is 8.78 Å². The number of aryl methyl sites for hydroxylation is 1. The molecule has 0 aliphatic carbocycles. The highest BCUT2D eigenvalue weighted by Gasteiger charge is 2.20. The van der Waals surface area contributed by atoms with E-state index in [-0.39, 0.29) is 24.5 Å². The van der Waals surface area contributed by atoms with Crippen molar-refractivity contribution < 1.29 is 23.4 Å². The van der Waals surface area contributed by atoms with Crippen LogP contribution in [0.4, 0.5) is 26.1 Å². The number of hydrogen-bond acceptors (Lipinski definition) is 8. The highest BCUT2D eigenvalue weighted by molar-refractivity contribution is 5.59. The third-order valence-electron chi connectivity index (χ3n) is 6.36. The highest BCUT2D eigenvalue weighted by Crippen LogP contribution is 2.29. The van der Waals surface area contributed by atoms with E-state index in [4.69, 9.17) is 14.6 Å². The average molecular weight is 514 g/mol. The Morgan fingerprint density at radius 2 is 1.73 bits per heavy atom. The topological polar surface area (TPSA) is 83.0 Å². The molecule has 0 amide bonds. The van der Waals surface area contributed by atoms with Crippen LogP contribution >= 0.6 is 0 Å². The number of benzene rings is 2. The Bertz CT molecular complexity index is 1150. The fourth-order valence-electron chi connectivity index (χ4n) is 4.32. The first kappa shape index (κ1) is 26.6. The van der Waals surface area contributed by atoms with Crippen molar-refractivity contribution in [3.63, 3.8) is 0 Å². The molecule has 1 aliphatic rings. The van der Waals surface area contributed by atoms with Crippen LogP contribution < -0.4 is 19.7 Å². The van der Waals surface area contributed by atoms with Gasteiger partial charge in [-0.3, -0.25) is 4.90 Å². The van der Waals surface area contributed by atoms with Crippen LogP contribution in [-0.2, 0) is 13.0 Å². The molecule has 0 bridgehead atoms. The second-order valence-corrected chi connectivity index (χ2v) is 8.85. The van der Waals surface area contributed by atoms with Crippen LogP contribution in [0.3, 0.4) is 0 Å². The number of aliphatic hydroxyl groups excluding tert-OH is 1. The summed E-state index contributed by atoms with van der Waals surface area (Å²) in [4.78, 5) is 13.1. The average Bonchev–Trinajstić information content (AvgIpc) is 2.92. The fraction of sp³-hybridized carbons (Fsp3) is 0.407. The minimum atomic E-state index is -0.769. The van der Waals surface area contributed by atoms with Gasteiger partial charge in [0.25, 0.3) is 0 Å². The smallest absolute Gasteiger partial charge is 0.227 e. The summed E-state index contributed by atoms with van der Waals surface area (Å²) in [5.41, 5.74) is 2.18. The lowest BCUT2D eigenvalue weighted by atomic mass is 10.0. The highest BCUT2D eigenvalue weighted by atomic mass is 19.1. The molecule has 0 spiro atoms. The van der Waals surface area contributed by atoms with E-state index in [0.29, 0.717) is 23.7 Å². The van der Waals surface area contributed by atoms with E-state index in [1.54, 1.807) is 0 Å². The Morgan fingerprint density at radius 3 is 2.35 bits per heavy atom. The van der Waals surface area contributed by atoms with Crippen LogP contribution in [0.25, 0.3) is 0 Å². The summed E-state index contributed by atoms with van der Waals surface area (Å²) in [7, 11) is 1.35. The number of hydrogen-bond donors (Lipinski definition) is 2. The predicted molar refractivity (Wildman–Crippen MR) is 139 cm³/mol. The largest absolute Gasteiger partial charge is 0.494 e. The van der Waals surface area contributed by atoms with Crippen LogP contribution in [0.5, 0.6) is 11.5 Å². The molecule has 37 heavy (non-hydrogen) atoms. The van der Waals surface area contributed by atoms with Crippen molar-refractivity contribution in [2.75, 3.05) is 56.7 Å². The molecule has 0 saturated carbocycles. The number of halogens is 2. The van der Waals surface area contributed by atoms with E-state index < -0.39 is 11.6 Å². The lowest BCUT2D eigenvalue weighted by Gasteiger charge is -2.35. The number of piperazine rings is 1. The van der Waals surface area contributed by atoms with Crippen molar-refractivity contribution in [3.8, 4) is 11.5 Å². The van der Waals surface area contributed by atoms with Crippen molar-refractivity contribution in [2.24, 2.45) is 0 Å². The van der Waals surface area contributed by atoms with Gasteiger partial charge in [-0.05, 0) is 42.3 Å². The standard InChI is InChI=1S/C27H33F2N5O3/c1-3-4-19-15-24(36-2)26(29)23(25(19)28)18-37-22-16-30-27(31-17-22)32-20-5-7-21(8-6-20)34-11-9-33(10-12-34)13-14-35/h5-8,15-17,35H,3-4,9-14,18H2,1-2H3,(H,30,31,32). The van der Waals surface area contributed by atoms with Gasteiger partial charge in [0.05, 0.1) is 31.7 Å². The van der Waals surface area contributed by atoms with Gasteiger partial charge in [0.1, 0.15) is 12.4 Å². The van der Waals surface area contributed by atoms with Crippen molar-refractivity contribution in [1.82, 2.24) is 14.9 Å². The number of aromatic nitrogens is 2. The molecule has 1 fully saturated rings. The first-order chi connectivity index (χ1) is 18.0. The molecule has 10 heteroatoms.